The second kappa shape index (κ2) is 10.8. The molecular weight excluding hydrogens is 451 g/mol. The highest BCUT2D eigenvalue weighted by Gasteiger charge is 2.39. The number of carbonyl (C=O) groups is 3. The molecule has 0 radical (unpaired) electrons. The fourth-order valence-electron chi connectivity index (χ4n) is 4.91. The van der Waals surface area contributed by atoms with Gasteiger partial charge in [0.15, 0.2) is 0 Å². The number of aromatic nitrogens is 1. The molecule has 35 heavy (non-hydrogen) atoms. The van der Waals surface area contributed by atoms with Gasteiger partial charge < -0.3 is 20.3 Å². The van der Waals surface area contributed by atoms with Gasteiger partial charge in [0.2, 0.25) is 17.7 Å². The Morgan fingerprint density at radius 2 is 2.11 bits per heavy atom. The zero-order valence-electron chi connectivity index (χ0n) is 19.9. The number of amides is 3. The van der Waals surface area contributed by atoms with Crippen molar-refractivity contribution in [1.82, 2.24) is 20.5 Å². The Morgan fingerprint density at radius 1 is 1.26 bits per heavy atom. The number of hydrogen-bond acceptors (Lipinski definition) is 5. The Morgan fingerprint density at radius 3 is 2.77 bits per heavy atom. The van der Waals surface area contributed by atoms with Crippen molar-refractivity contribution in [2.75, 3.05) is 13.7 Å². The highest BCUT2D eigenvalue weighted by Crippen LogP contribution is 2.32. The van der Waals surface area contributed by atoms with Crippen LogP contribution in [-0.2, 0) is 27.3 Å². The summed E-state index contributed by atoms with van der Waals surface area (Å²) in [6.45, 7) is 0.784. The van der Waals surface area contributed by atoms with Crippen LogP contribution >= 0.6 is 0 Å². The zero-order valence-corrected chi connectivity index (χ0v) is 19.9. The number of halogens is 1. The third-order valence-electron chi connectivity index (χ3n) is 6.81. The molecule has 0 spiro atoms. The summed E-state index contributed by atoms with van der Waals surface area (Å²) >= 11 is 0. The summed E-state index contributed by atoms with van der Waals surface area (Å²) < 4.78 is 19.8. The van der Waals surface area contributed by atoms with E-state index in [-0.39, 0.29) is 42.4 Å². The van der Waals surface area contributed by atoms with Gasteiger partial charge in [-0.3, -0.25) is 19.4 Å². The maximum Gasteiger partial charge on any atom is 0.223 e. The maximum absolute atomic E-state index is 14.6. The minimum Gasteiger partial charge on any atom is -0.497 e. The quantitative estimate of drug-likeness (QED) is 0.542. The van der Waals surface area contributed by atoms with Crippen LogP contribution in [0.15, 0.2) is 42.7 Å². The number of rotatable bonds is 10. The van der Waals surface area contributed by atoms with E-state index in [0.29, 0.717) is 56.5 Å². The third-order valence-corrected chi connectivity index (χ3v) is 6.81. The summed E-state index contributed by atoms with van der Waals surface area (Å²) in [7, 11) is 1.52. The standard InChI is InChI=1S/C26H31FN4O4/c1-35-21-5-6-22(27)19(13-21)14-26(10-8-24(33)30-26)11-9-25(34)31(16-18-3-2-12-28-15-18)17-20-4-7-23(32)29-20/h2-3,5-6,12-13,15,20H,4,7-11,14,16-17H2,1H3,(H,29,32)(H,30,33)/t20-,26?/m0/s1. The van der Waals surface area contributed by atoms with Crippen LogP contribution in [0.4, 0.5) is 4.39 Å². The largest absolute Gasteiger partial charge is 0.497 e. The molecule has 3 heterocycles. The second-order valence-corrected chi connectivity index (χ2v) is 9.40. The lowest BCUT2D eigenvalue weighted by molar-refractivity contribution is -0.133. The number of nitrogens with one attached hydrogen (secondary N) is 2. The first-order valence-electron chi connectivity index (χ1n) is 12.0. The van der Waals surface area contributed by atoms with Crippen LogP contribution in [0.5, 0.6) is 5.75 Å². The first-order chi connectivity index (χ1) is 16.9. The highest BCUT2D eigenvalue weighted by molar-refractivity contribution is 5.81. The molecule has 4 rings (SSSR count). The van der Waals surface area contributed by atoms with E-state index in [4.69, 9.17) is 4.74 Å². The summed E-state index contributed by atoms with van der Waals surface area (Å²) in [6.07, 6.45) is 6.25. The van der Waals surface area contributed by atoms with Crippen molar-refractivity contribution < 1.29 is 23.5 Å². The normalized spacial score (nSPS) is 21.5. The van der Waals surface area contributed by atoms with Gasteiger partial charge in [0.25, 0.3) is 0 Å². The van der Waals surface area contributed by atoms with Crippen LogP contribution in [0.3, 0.4) is 0 Å². The lowest BCUT2D eigenvalue weighted by Crippen LogP contribution is -2.46. The van der Waals surface area contributed by atoms with Gasteiger partial charge in [0, 0.05) is 56.3 Å². The van der Waals surface area contributed by atoms with Gasteiger partial charge in [0.1, 0.15) is 11.6 Å². The van der Waals surface area contributed by atoms with Crippen molar-refractivity contribution >= 4 is 17.7 Å². The molecule has 2 atom stereocenters. The molecule has 1 aromatic heterocycles. The third kappa shape index (κ3) is 6.35. The molecule has 2 aromatic rings. The molecule has 186 valence electrons. The van der Waals surface area contributed by atoms with Crippen LogP contribution < -0.4 is 15.4 Å². The van der Waals surface area contributed by atoms with Crippen LogP contribution in [0.1, 0.15) is 49.7 Å². The molecule has 2 aliphatic heterocycles. The maximum atomic E-state index is 14.6. The SMILES string of the molecule is COc1ccc(F)c(CC2(CCC(=O)N(Cc3cccnc3)C[C@@H]3CCC(=O)N3)CCC(=O)N2)c1. The summed E-state index contributed by atoms with van der Waals surface area (Å²) in [4.78, 5) is 43.1. The van der Waals surface area contributed by atoms with Crippen molar-refractivity contribution in [3.63, 3.8) is 0 Å². The summed E-state index contributed by atoms with van der Waals surface area (Å²) in [6, 6.07) is 8.19. The number of ether oxygens (including phenoxy) is 1. The Hall–Kier alpha value is -3.49. The van der Waals surface area contributed by atoms with E-state index in [9.17, 15) is 18.8 Å². The van der Waals surface area contributed by atoms with Gasteiger partial charge >= 0.3 is 0 Å². The molecule has 1 aromatic carbocycles. The van der Waals surface area contributed by atoms with Gasteiger partial charge in [-0.05, 0) is 61.1 Å². The minimum atomic E-state index is -0.707. The van der Waals surface area contributed by atoms with E-state index in [2.05, 4.69) is 15.6 Å². The van der Waals surface area contributed by atoms with E-state index >= 15 is 0 Å². The van der Waals surface area contributed by atoms with E-state index in [1.807, 2.05) is 12.1 Å². The molecule has 0 bridgehead atoms. The summed E-state index contributed by atoms with van der Waals surface area (Å²) in [5, 5.41) is 5.95. The van der Waals surface area contributed by atoms with E-state index < -0.39 is 5.54 Å². The zero-order chi connectivity index (χ0) is 24.8. The van der Waals surface area contributed by atoms with Gasteiger partial charge in [-0.1, -0.05) is 6.07 Å². The van der Waals surface area contributed by atoms with Gasteiger partial charge in [-0.25, -0.2) is 4.39 Å². The van der Waals surface area contributed by atoms with Crippen molar-refractivity contribution in [1.29, 1.82) is 0 Å². The average Bonchev–Trinajstić information content (AvgIpc) is 3.44. The first kappa shape index (κ1) is 24.6. The van der Waals surface area contributed by atoms with Crippen LogP contribution in [0.2, 0.25) is 0 Å². The average molecular weight is 483 g/mol. The minimum absolute atomic E-state index is 0.00304. The number of carbonyl (C=O) groups excluding carboxylic acids is 3. The van der Waals surface area contributed by atoms with Crippen molar-refractivity contribution in [3.05, 3.63) is 59.7 Å². The smallest absolute Gasteiger partial charge is 0.223 e. The molecule has 2 N–H and O–H groups in total. The summed E-state index contributed by atoms with van der Waals surface area (Å²) in [5.41, 5.74) is 0.633. The Balaban J connectivity index is 1.48. The van der Waals surface area contributed by atoms with Crippen molar-refractivity contribution in [2.45, 2.75) is 63.1 Å². The number of benzene rings is 1. The number of pyridine rings is 1. The number of nitrogens with zero attached hydrogens (tertiary/aromatic N) is 2. The van der Waals surface area contributed by atoms with Crippen LogP contribution in [-0.4, -0.2) is 52.8 Å². The van der Waals surface area contributed by atoms with Gasteiger partial charge in [0.05, 0.1) is 7.11 Å². The lowest BCUT2D eigenvalue weighted by atomic mass is 9.84. The predicted molar refractivity (Wildman–Crippen MR) is 127 cm³/mol. The molecule has 0 saturated carbocycles. The molecular formula is C26H31FN4O4. The first-order valence-corrected chi connectivity index (χ1v) is 12.0. The molecule has 0 aliphatic carbocycles. The monoisotopic (exact) mass is 482 g/mol. The fourth-order valence-corrected chi connectivity index (χ4v) is 4.91. The molecule has 1 unspecified atom stereocenters. The van der Waals surface area contributed by atoms with Crippen LogP contribution in [0.25, 0.3) is 0 Å². The molecule has 2 aliphatic rings. The molecule has 2 saturated heterocycles. The number of hydrogen-bond donors (Lipinski definition) is 2. The van der Waals surface area contributed by atoms with Crippen molar-refractivity contribution in [2.24, 2.45) is 0 Å². The fraction of sp³-hybridized carbons (Fsp3) is 0.462. The Labute approximate surface area is 204 Å². The number of methoxy groups -OCH3 is 1. The van der Waals surface area contributed by atoms with E-state index in [1.165, 1.54) is 13.2 Å². The summed E-state index contributed by atoms with van der Waals surface area (Å²) in [5.74, 6) is -0.00831. The van der Waals surface area contributed by atoms with Gasteiger partial charge in [-0.2, -0.15) is 0 Å². The Kier molecular flexibility index (Phi) is 7.63. The van der Waals surface area contributed by atoms with Crippen LogP contribution in [0, 0.1) is 5.82 Å². The van der Waals surface area contributed by atoms with Crippen molar-refractivity contribution in [3.8, 4) is 5.75 Å². The molecule has 2 fully saturated rings. The second-order valence-electron chi connectivity index (χ2n) is 9.40. The van der Waals surface area contributed by atoms with E-state index in [0.717, 1.165) is 5.56 Å². The Bertz CT molecular complexity index is 1080. The van der Waals surface area contributed by atoms with Gasteiger partial charge in [-0.15, -0.1) is 0 Å². The topological polar surface area (TPSA) is 101 Å². The lowest BCUT2D eigenvalue weighted by Gasteiger charge is -2.31. The molecule has 3 amide bonds. The molecule has 9 heteroatoms. The molecule has 8 nitrogen and oxygen atoms in total. The highest BCUT2D eigenvalue weighted by atomic mass is 19.1. The predicted octanol–water partition coefficient (Wildman–Crippen LogP) is 2.51. The van der Waals surface area contributed by atoms with E-state index in [1.54, 1.807) is 29.4 Å².